The number of nitrogens with zero attached hydrogens (tertiary/aromatic N) is 2. The lowest BCUT2D eigenvalue weighted by Gasteiger charge is -2.19. The minimum Gasteiger partial charge on any atom is -0.480 e. The van der Waals surface area contributed by atoms with Crippen LogP contribution >= 0.6 is 34.3 Å². The zero-order valence-electron chi connectivity index (χ0n) is 11.9. The molecule has 0 fully saturated rings. The zero-order valence-corrected chi connectivity index (χ0v) is 14.3. The number of hydrogen-bond acceptors (Lipinski definition) is 5. The summed E-state index contributed by atoms with van der Waals surface area (Å²) in [6.07, 6.45) is 0.831. The highest BCUT2D eigenvalue weighted by atomic mass is 35.5. The van der Waals surface area contributed by atoms with E-state index in [1.807, 2.05) is 24.4 Å². The van der Waals surface area contributed by atoms with Crippen molar-refractivity contribution in [3.8, 4) is 9.88 Å². The Hall–Kier alpha value is -1.44. The quantitative estimate of drug-likeness (QED) is 0.823. The summed E-state index contributed by atoms with van der Waals surface area (Å²) in [5.41, 5.74) is 0.654. The molecule has 5 nitrogen and oxygen atoms in total. The van der Waals surface area contributed by atoms with Crippen molar-refractivity contribution >= 4 is 46.2 Å². The number of aromatic nitrogens is 1. The van der Waals surface area contributed by atoms with Crippen molar-refractivity contribution in [2.24, 2.45) is 0 Å². The van der Waals surface area contributed by atoms with Crippen molar-refractivity contribution in [1.82, 2.24) is 9.88 Å². The fraction of sp³-hybridized carbons (Fsp3) is 0.357. The number of carboxylic acids is 1. The van der Waals surface area contributed by atoms with Gasteiger partial charge in [-0.2, -0.15) is 0 Å². The van der Waals surface area contributed by atoms with E-state index in [1.54, 1.807) is 0 Å². The van der Waals surface area contributed by atoms with E-state index in [0.29, 0.717) is 16.6 Å². The maximum Gasteiger partial charge on any atom is 0.323 e. The van der Waals surface area contributed by atoms with Crippen LogP contribution in [0.15, 0.2) is 17.5 Å². The van der Waals surface area contributed by atoms with E-state index in [2.05, 4.69) is 4.98 Å². The van der Waals surface area contributed by atoms with E-state index in [0.717, 1.165) is 16.3 Å². The highest BCUT2D eigenvalue weighted by Crippen LogP contribution is 2.33. The van der Waals surface area contributed by atoms with Crippen molar-refractivity contribution in [1.29, 1.82) is 0 Å². The maximum absolute atomic E-state index is 12.2. The number of rotatable bonds is 7. The van der Waals surface area contributed by atoms with Crippen LogP contribution < -0.4 is 0 Å². The van der Waals surface area contributed by atoms with Crippen molar-refractivity contribution in [2.75, 3.05) is 13.1 Å². The molecule has 0 aliphatic carbocycles. The van der Waals surface area contributed by atoms with E-state index in [-0.39, 0.29) is 18.9 Å². The summed E-state index contributed by atoms with van der Waals surface area (Å²) in [5.74, 6) is -1.22. The molecule has 2 aromatic heterocycles. The van der Waals surface area contributed by atoms with Crippen LogP contribution in [0.2, 0.25) is 4.34 Å². The predicted molar refractivity (Wildman–Crippen MR) is 88.6 cm³/mol. The Morgan fingerprint density at radius 2 is 2.18 bits per heavy atom. The van der Waals surface area contributed by atoms with Gasteiger partial charge in [-0.15, -0.1) is 22.7 Å². The molecule has 0 saturated heterocycles. The molecule has 8 heteroatoms. The second-order valence-corrected chi connectivity index (χ2v) is 7.21. The Balaban J connectivity index is 2.04. The molecule has 2 rings (SSSR count). The number of carboxylic acid groups (broad SMARTS) is 1. The van der Waals surface area contributed by atoms with Crippen LogP contribution in [0.4, 0.5) is 0 Å². The molecule has 0 saturated carbocycles. The van der Waals surface area contributed by atoms with Gasteiger partial charge < -0.3 is 10.0 Å². The summed E-state index contributed by atoms with van der Waals surface area (Å²) in [6.45, 7) is 2.07. The molecule has 0 unspecified atom stereocenters. The molecule has 0 atom stereocenters. The summed E-state index contributed by atoms with van der Waals surface area (Å²) in [5, 5.41) is 11.5. The molecule has 0 spiro atoms. The van der Waals surface area contributed by atoms with Gasteiger partial charge in [-0.1, -0.05) is 18.5 Å². The minimum atomic E-state index is -1.01. The fourth-order valence-corrected chi connectivity index (χ4v) is 3.86. The van der Waals surface area contributed by atoms with Gasteiger partial charge in [0.15, 0.2) is 0 Å². The number of hydrogen-bond donors (Lipinski definition) is 1. The molecule has 118 valence electrons. The van der Waals surface area contributed by atoms with Crippen LogP contribution in [0.3, 0.4) is 0 Å². The number of carbonyl (C=O) groups is 2. The van der Waals surface area contributed by atoms with Gasteiger partial charge in [0.05, 0.1) is 21.3 Å². The normalized spacial score (nSPS) is 10.6. The number of halogens is 1. The van der Waals surface area contributed by atoms with Crippen LogP contribution in [0.1, 0.15) is 19.0 Å². The monoisotopic (exact) mass is 358 g/mol. The van der Waals surface area contributed by atoms with E-state index < -0.39 is 5.97 Å². The lowest BCUT2D eigenvalue weighted by atomic mass is 10.3. The van der Waals surface area contributed by atoms with Crippen LogP contribution in [0, 0.1) is 0 Å². The lowest BCUT2D eigenvalue weighted by molar-refractivity contribution is -0.144. The fourth-order valence-electron chi connectivity index (χ4n) is 1.92. The smallest absolute Gasteiger partial charge is 0.323 e. The predicted octanol–water partition coefficient (Wildman–Crippen LogP) is 3.39. The first-order valence-corrected chi connectivity index (χ1v) is 8.76. The average Bonchev–Trinajstić information content (AvgIpc) is 3.06. The molecular formula is C14H15ClN2O3S2. The molecule has 22 heavy (non-hydrogen) atoms. The first kappa shape index (κ1) is 16.9. The highest BCUT2D eigenvalue weighted by Gasteiger charge is 2.18. The molecule has 2 heterocycles. The van der Waals surface area contributed by atoms with Gasteiger partial charge in [0.25, 0.3) is 0 Å². The van der Waals surface area contributed by atoms with Crippen molar-refractivity contribution in [3.05, 3.63) is 27.5 Å². The highest BCUT2D eigenvalue weighted by molar-refractivity contribution is 7.23. The molecule has 1 N–H and O–H groups in total. The molecule has 2 aromatic rings. The van der Waals surface area contributed by atoms with Gasteiger partial charge in [0, 0.05) is 11.9 Å². The first-order valence-electron chi connectivity index (χ1n) is 6.69. The molecule has 0 radical (unpaired) electrons. The Kier molecular flexibility index (Phi) is 5.93. The standard InChI is InChI=1S/C14H15ClN2O3S2/c1-2-5-17(7-13(19)20)12(18)6-9-8-21-14(16-9)10-3-4-11(15)22-10/h3-4,8H,2,5-7H2,1H3,(H,19,20). The van der Waals surface area contributed by atoms with Crippen LogP contribution in [-0.4, -0.2) is 40.0 Å². The van der Waals surface area contributed by atoms with Gasteiger partial charge in [-0.3, -0.25) is 9.59 Å². The summed E-state index contributed by atoms with van der Waals surface area (Å²) in [4.78, 5) is 29.8. The summed E-state index contributed by atoms with van der Waals surface area (Å²) in [6, 6.07) is 3.70. The van der Waals surface area contributed by atoms with E-state index in [9.17, 15) is 9.59 Å². The van der Waals surface area contributed by atoms with Gasteiger partial charge >= 0.3 is 5.97 Å². The number of carbonyl (C=O) groups excluding carboxylic acids is 1. The van der Waals surface area contributed by atoms with Gasteiger partial charge in [0.2, 0.25) is 5.91 Å². The number of thiophene rings is 1. The average molecular weight is 359 g/mol. The van der Waals surface area contributed by atoms with Gasteiger partial charge in [0.1, 0.15) is 11.6 Å². The third kappa shape index (κ3) is 4.53. The summed E-state index contributed by atoms with van der Waals surface area (Å²) >= 11 is 8.79. The van der Waals surface area contributed by atoms with Crippen molar-refractivity contribution in [3.63, 3.8) is 0 Å². The molecule has 0 aromatic carbocycles. The third-order valence-electron chi connectivity index (χ3n) is 2.84. The Morgan fingerprint density at radius 1 is 1.41 bits per heavy atom. The minimum absolute atomic E-state index is 0.114. The molecule has 0 aliphatic heterocycles. The molecular weight excluding hydrogens is 344 g/mol. The second kappa shape index (κ2) is 7.71. The zero-order chi connectivity index (χ0) is 16.1. The number of amides is 1. The summed E-state index contributed by atoms with van der Waals surface area (Å²) in [7, 11) is 0. The van der Waals surface area contributed by atoms with Crippen LogP contribution in [-0.2, 0) is 16.0 Å². The largest absolute Gasteiger partial charge is 0.480 e. The first-order chi connectivity index (χ1) is 10.5. The summed E-state index contributed by atoms with van der Waals surface area (Å²) < 4.78 is 0.693. The number of aliphatic carboxylic acids is 1. The number of thiazole rings is 1. The Labute approximate surface area is 141 Å². The van der Waals surface area contributed by atoms with E-state index >= 15 is 0 Å². The topological polar surface area (TPSA) is 70.5 Å². The Bertz CT molecular complexity index is 669. The van der Waals surface area contributed by atoms with E-state index in [4.69, 9.17) is 16.7 Å². The molecule has 1 amide bonds. The van der Waals surface area contributed by atoms with Gasteiger partial charge in [-0.05, 0) is 18.6 Å². The third-order valence-corrected chi connectivity index (χ3v) is 5.13. The lowest BCUT2D eigenvalue weighted by Crippen LogP contribution is -2.37. The molecule has 0 aliphatic rings. The van der Waals surface area contributed by atoms with Crippen LogP contribution in [0.5, 0.6) is 0 Å². The van der Waals surface area contributed by atoms with Gasteiger partial charge in [-0.25, -0.2) is 4.98 Å². The van der Waals surface area contributed by atoms with Crippen molar-refractivity contribution < 1.29 is 14.7 Å². The van der Waals surface area contributed by atoms with E-state index in [1.165, 1.54) is 27.6 Å². The Morgan fingerprint density at radius 3 is 2.77 bits per heavy atom. The SMILES string of the molecule is CCCN(CC(=O)O)C(=O)Cc1csc(-c2ccc(Cl)s2)n1. The van der Waals surface area contributed by atoms with Crippen LogP contribution in [0.25, 0.3) is 9.88 Å². The second-order valence-electron chi connectivity index (χ2n) is 4.63. The van der Waals surface area contributed by atoms with Crippen molar-refractivity contribution in [2.45, 2.75) is 19.8 Å². The maximum atomic E-state index is 12.2. The molecule has 0 bridgehead atoms.